The van der Waals surface area contributed by atoms with E-state index in [4.69, 9.17) is 9.15 Å². The number of methoxy groups -OCH3 is 1. The normalized spacial score (nSPS) is 10.6. The molecule has 0 fully saturated rings. The quantitative estimate of drug-likeness (QED) is 0.361. The Balaban J connectivity index is 1.42. The molecule has 0 aliphatic heterocycles. The molecule has 0 unspecified atom stereocenters. The molecule has 6 nitrogen and oxygen atoms in total. The van der Waals surface area contributed by atoms with Gasteiger partial charge in [0.05, 0.1) is 19.3 Å². The lowest BCUT2D eigenvalue weighted by Crippen LogP contribution is -2.27. The average molecular weight is 432 g/mol. The lowest BCUT2D eigenvalue weighted by Gasteiger charge is -2.22. The van der Waals surface area contributed by atoms with Crippen LogP contribution in [-0.4, -0.2) is 29.0 Å². The zero-order valence-corrected chi connectivity index (χ0v) is 17.8. The van der Waals surface area contributed by atoms with E-state index in [1.807, 2.05) is 84.9 Å². The molecule has 7 heteroatoms. The van der Waals surface area contributed by atoms with Crippen LogP contribution >= 0.6 is 11.8 Å². The fraction of sp³-hybridized carbons (Fsp3) is 0.125. The number of carbonyl (C=O) groups excluding carboxylic acids is 1. The number of benzene rings is 3. The van der Waals surface area contributed by atoms with Crippen LogP contribution in [0.25, 0.3) is 0 Å². The van der Waals surface area contributed by atoms with E-state index < -0.39 is 0 Å². The fourth-order valence-electron chi connectivity index (χ4n) is 3.07. The Hall–Kier alpha value is -3.58. The fourth-order valence-corrected chi connectivity index (χ4v) is 3.69. The topological polar surface area (TPSA) is 68.5 Å². The second-order valence-corrected chi connectivity index (χ2v) is 7.60. The van der Waals surface area contributed by atoms with Gasteiger partial charge in [-0.05, 0) is 42.0 Å². The third-order valence-corrected chi connectivity index (χ3v) is 5.36. The van der Waals surface area contributed by atoms with E-state index >= 15 is 0 Å². The van der Waals surface area contributed by atoms with Crippen molar-refractivity contribution in [3.05, 3.63) is 96.4 Å². The molecule has 4 rings (SSSR count). The van der Waals surface area contributed by atoms with Crippen molar-refractivity contribution >= 4 is 29.0 Å². The van der Waals surface area contributed by atoms with Crippen molar-refractivity contribution in [3.8, 4) is 5.75 Å². The summed E-state index contributed by atoms with van der Waals surface area (Å²) in [6.45, 7) is 0. The summed E-state index contributed by atoms with van der Waals surface area (Å²) in [6.07, 6.45) is 0.520. The van der Waals surface area contributed by atoms with Gasteiger partial charge in [-0.2, -0.15) is 0 Å². The minimum Gasteiger partial charge on any atom is -0.497 e. The van der Waals surface area contributed by atoms with Crippen LogP contribution in [0.5, 0.6) is 5.75 Å². The lowest BCUT2D eigenvalue weighted by molar-refractivity contribution is -0.115. The van der Waals surface area contributed by atoms with Crippen molar-refractivity contribution in [2.45, 2.75) is 11.6 Å². The van der Waals surface area contributed by atoms with Crippen molar-refractivity contribution < 1.29 is 13.9 Å². The highest BCUT2D eigenvalue weighted by Crippen LogP contribution is 2.27. The number of ether oxygens (including phenoxy) is 1. The number of rotatable bonds is 8. The first-order chi connectivity index (χ1) is 15.2. The SMILES string of the molecule is COc1ccc(Cc2nnc(SCC(=O)N(c3ccccc3)c3ccccc3)o2)cc1. The molecular weight excluding hydrogens is 410 g/mol. The van der Waals surface area contributed by atoms with Crippen LogP contribution in [0.1, 0.15) is 11.5 Å². The molecule has 1 heterocycles. The van der Waals surface area contributed by atoms with Crippen molar-refractivity contribution in [2.24, 2.45) is 0 Å². The molecule has 1 amide bonds. The maximum absolute atomic E-state index is 13.1. The minimum atomic E-state index is -0.0719. The van der Waals surface area contributed by atoms with Gasteiger partial charge in [0.15, 0.2) is 0 Å². The van der Waals surface area contributed by atoms with Gasteiger partial charge in [0.1, 0.15) is 5.75 Å². The predicted octanol–water partition coefficient (Wildman–Crippen LogP) is 5.13. The first kappa shape index (κ1) is 20.7. The second kappa shape index (κ2) is 9.95. The van der Waals surface area contributed by atoms with Gasteiger partial charge in [-0.1, -0.05) is 60.3 Å². The van der Waals surface area contributed by atoms with Crippen LogP contribution in [0.15, 0.2) is 94.6 Å². The third-order valence-electron chi connectivity index (χ3n) is 4.56. The molecule has 0 saturated carbocycles. The molecular formula is C24H21N3O3S. The number of thioether (sulfide) groups is 1. The number of anilines is 2. The molecule has 0 N–H and O–H groups in total. The smallest absolute Gasteiger partial charge is 0.277 e. The van der Waals surface area contributed by atoms with Gasteiger partial charge in [0.2, 0.25) is 11.8 Å². The number of hydrogen-bond donors (Lipinski definition) is 0. The molecule has 4 aromatic rings. The van der Waals surface area contributed by atoms with Gasteiger partial charge in [-0.25, -0.2) is 0 Å². The van der Waals surface area contributed by atoms with E-state index in [1.165, 1.54) is 11.8 Å². The number of para-hydroxylation sites is 2. The Kier molecular flexibility index (Phi) is 6.64. The Morgan fingerprint density at radius 1 is 0.903 bits per heavy atom. The number of hydrogen-bond acceptors (Lipinski definition) is 6. The van der Waals surface area contributed by atoms with Gasteiger partial charge in [-0.15, -0.1) is 10.2 Å². The molecule has 3 aromatic carbocycles. The molecule has 0 aliphatic rings. The van der Waals surface area contributed by atoms with Gasteiger partial charge < -0.3 is 9.15 Å². The minimum absolute atomic E-state index is 0.0719. The highest BCUT2D eigenvalue weighted by molar-refractivity contribution is 7.99. The van der Waals surface area contributed by atoms with Crippen molar-refractivity contribution in [1.29, 1.82) is 0 Å². The van der Waals surface area contributed by atoms with Crippen LogP contribution < -0.4 is 9.64 Å². The molecule has 0 spiro atoms. The van der Waals surface area contributed by atoms with Gasteiger partial charge in [0.25, 0.3) is 5.22 Å². The molecule has 1 aromatic heterocycles. The molecule has 0 aliphatic carbocycles. The van der Waals surface area contributed by atoms with Gasteiger partial charge in [-0.3, -0.25) is 9.69 Å². The summed E-state index contributed by atoms with van der Waals surface area (Å²) in [7, 11) is 1.63. The summed E-state index contributed by atoms with van der Waals surface area (Å²) >= 11 is 1.23. The van der Waals surface area contributed by atoms with Crippen molar-refractivity contribution in [1.82, 2.24) is 10.2 Å². The first-order valence-corrected chi connectivity index (χ1v) is 10.7. The summed E-state index contributed by atoms with van der Waals surface area (Å²) in [6, 6.07) is 26.8. The molecule has 31 heavy (non-hydrogen) atoms. The van der Waals surface area contributed by atoms with Crippen LogP contribution in [-0.2, 0) is 11.2 Å². The second-order valence-electron chi connectivity index (χ2n) is 6.68. The summed E-state index contributed by atoms with van der Waals surface area (Å²) < 4.78 is 10.9. The van der Waals surface area contributed by atoms with Crippen molar-refractivity contribution in [2.75, 3.05) is 17.8 Å². The van der Waals surface area contributed by atoms with E-state index in [0.29, 0.717) is 17.5 Å². The standard InChI is InChI=1S/C24H21N3O3S/c1-29-21-14-12-18(13-15-21)16-22-25-26-24(30-22)31-17-23(28)27(19-8-4-2-5-9-19)20-10-6-3-7-11-20/h2-15H,16-17H2,1H3. The van der Waals surface area contributed by atoms with Crippen LogP contribution in [0.3, 0.4) is 0 Å². The highest BCUT2D eigenvalue weighted by Gasteiger charge is 2.19. The molecule has 0 radical (unpaired) electrons. The average Bonchev–Trinajstić information content (AvgIpc) is 3.27. The summed E-state index contributed by atoms with van der Waals surface area (Å²) in [4.78, 5) is 14.8. The highest BCUT2D eigenvalue weighted by atomic mass is 32.2. The van der Waals surface area contributed by atoms with E-state index in [0.717, 1.165) is 22.7 Å². The Bertz CT molecular complexity index is 1080. The molecule has 156 valence electrons. The molecule has 0 saturated heterocycles. The number of carbonyl (C=O) groups is 1. The summed E-state index contributed by atoms with van der Waals surface area (Å²) in [5.74, 6) is 1.40. The Morgan fingerprint density at radius 2 is 1.52 bits per heavy atom. The maximum atomic E-state index is 13.1. The monoisotopic (exact) mass is 431 g/mol. The number of nitrogens with zero attached hydrogens (tertiary/aromatic N) is 3. The zero-order chi connectivity index (χ0) is 21.5. The van der Waals surface area contributed by atoms with Crippen LogP contribution in [0.4, 0.5) is 11.4 Å². The zero-order valence-electron chi connectivity index (χ0n) is 17.0. The van der Waals surface area contributed by atoms with E-state index in [9.17, 15) is 4.79 Å². The third kappa shape index (κ3) is 5.32. The predicted molar refractivity (Wildman–Crippen MR) is 121 cm³/mol. The summed E-state index contributed by atoms with van der Waals surface area (Å²) in [5.41, 5.74) is 2.66. The van der Waals surface area contributed by atoms with Crippen LogP contribution in [0, 0.1) is 0 Å². The lowest BCUT2D eigenvalue weighted by atomic mass is 10.1. The summed E-state index contributed by atoms with van der Waals surface area (Å²) in [5, 5.41) is 8.55. The number of amides is 1. The van der Waals surface area contributed by atoms with Crippen molar-refractivity contribution in [3.63, 3.8) is 0 Å². The Morgan fingerprint density at radius 3 is 2.10 bits per heavy atom. The van der Waals surface area contributed by atoms with E-state index in [2.05, 4.69) is 10.2 Å². The van der Waals surface area contributed by atoms with E-state index in [-0.39, 0.29) is 11.7 Å². The van der Waals surface area contributed by atoms with E-state index in [1.54, 1.807) is 12.0 Å². The Labute approximate surface area is 184 Å². The van der Waals surface area contributed by atoms with Gasteiger partial charge in [0, 0.05) is 11.4 Å². The largest absolute Gasteiger partial charge is 0.497 e. The first-order valence-electron chi connectivity index (χ1n) is 9.74. The molecule has 0 atom stereocenters. The molecule has 0 bridgehead atoms. The maximum Gasteiger partial charge on any atom is 0.277 e. The van der Waals surface area contributed by atoms with Gasteiger partial charge >= 0.3 is 0 Å². The number of aromatic nitrogens is 2. The van der Waals surface area contributed by atoms with Crippen LogP contribution in [0.2, 0.25) is 0 Å².